The van der Waals surface area contributed by atoms with Crippen molar-refractivity contribution in [1.29, 1.82) is 0 Å². The minimum atomic E-state index is -1.34. The predicted octanol–water partition coefficient (Wildman–Crippen LogP) is 6.67. The van der Waals surface area contributed by atoms with E-state index in [-0.39, 0.29) is 55.4 Å². The summed E-state index contributed by atoms with van der Waals surface area (Å²) in [6.07, 6.45) is 4.81. The summed E-state index contributed by atoms with van der Waals surface area (Å²) in [5, 5.41) is 4.30. The monoisotopic (exact) mass is 737 g/mol. The topological polar surface area (TPSA) is 88.2 Å². The number of piperazine rings is 1. The molecule has 1 aliphatic carbocycles. The van der Waals surface area contributed by atoms with E-state index in [9.17, 15) is 27.6 Å². The van der Waals surface area contributed by atoms with Crippen LogP contribution in [0.1, 0.15) is 61.6 Å². The van der Waals surface area contributed by atoms with E-state index >= 15 is 0 Å². The van der Waals surface area contributed by atoms with E-state index in [0.29, 0.717) is 62.3 Å². The minimum Gasteiger partial charge on any atom is -0.488 e. The molecular weight excluding hydrogens is 695 g/mol. The zero-order valence-electron chi connectivity index (χ0n) is 29.1. The molecule has 8 nitrogen and oxygen atoms in total. The van der Waals surface area contributed by atoms with Crippen molar-refractivity contribution >= 4 is 35.0 Å². The maximum Gasteiger partial charge on any atom is 0.305 e. The molecule has 3 aromatic carbocycles. The maximum atomic E-state index is 14.7. The molecule has 0 spiro atoms. The van der Waals surface area contributed by atoms with Gasteiger partial charge in [0.2, 0.25) is 11.7 Å². The first-order chi connectivity index (χ1) is 25.1. The van der Waals surface area contributed by atoms with Crippen molar-refractivity contribution in [3.05, 3.63) is 105 Å². The van der Waals surface area contributed by atoms with Gasteiger partial charge in [0.25, 0.3) is 5.91 Å². The van der Waals surface area contributed by atoms with Crippen LogP contribution in [0.3, 0.4) is 0 Å². The maximum absolute atomic E-state index is 14.7. The third-order valence-electron chi connectivity index (χ3n) is 9.98. The highest BCUT2D eigenvalue weighted by Gasteiger charge is 2.43. The Morgan fingerprint density at radius 3 is 2.40 bits per heavy atom. The average Bonchev–Trinajstić information content (AvgIpc) is 3.99. The van der Waals surface area contributed by atoms with E-state index in [1.54, 1.807) is 0 Å². The van der Waals surface area contributed by atoms with Gasteiger partial charge in [0, 0.05) is 55.2 Å². The van der Waals surface area contributed by atoms with Gasteiger partial charge in [0.1, 0.15) is 0 Å². The number of fused-ring (bicyclic) bond motifs is 2. The second-order valence-electron chi connectivity index (χ2n) is 13.6. The van der Waals surface area contributed by atoms with Crippen molar-refractivity contribution in [2.24, 2.45) is 0 Å². The zero-order valence-corrected chi connectivity index (χ0v) is 29.9. The lowest BCUT2D eigenvalue weighted by molar-refractivity contribution is -0.141. The molecule has 276 valence electrons. The van der Waals surface area contributed by atoms with Gasteiger partial charge >= 0.3 is 5.97 Å². The van der Waals surface area contributed by atoms with E-state index < -0.39 is 23.2 Å². The summed E-state index contributed by atoms with van der Waals surface area (Å²) in [4.78, 5) is 43.4. The molecule has 52 heavy (non-hydrogen) atoms. The number of hydrogen-bond donors (Lipinski definition) is 1. The lowest BCUT2D eigenvalue weighted by Crippen LogP contribution is -2.62. The second kappa shape index (κ2) is 17.0. The Morgan fingerprint density at radius 2 is 1.67 bits per heavy atom. The zero-order chi connectivity index (χ0) is 36.8. The summed E-state index contributed by atoms with van der Waals surface area (Å²) in [5.41, 5.74) is 4.48. The number of carbonyl (C=O) groups excluding carboxylic acids is 3. The number of carbonyl (C=O) groups is 3. The molecule has 2 aliphatic heterocycles. The smallest absolute Gasteiger partial charge is 0.305 e. The highest BCUT2D eigenvalue weighted by molar-refractivity contribution is 6.31. The highest BCUT2D eigenvalue weighted by Crippen LogP contribution is 2.37. The third kappa shape index (κ3) is 8.98. The van der Waals surface area contributed by atoms with Gasteiger partial charge in [0.05, 0.1) is 19.8 Å². The Kier molecular flexibility index (Phi) is 12.2. The second-order valence-corrected chi connectivity index (χ2v) is 14.0. The molecule has 2 heterocycles. The number of ether oxygens (including phenoxy) is 2. The Morgan fingerprint density at radius 1 is 0.923 bits per heavy atom. The molecule has 2 atom stereocenters. The third-order valence-corrected chi connectivity index (χ3v) is 10.3. The summed E-state index contributed by atoms with van der Waals surface area (Å²) in [6.45, 7) is 1.34. The van der Waals surface area contributed by atoms with E-state index in [0.717, 1.165) is 47.2 Å². The van der Waals surface area contributed by atoms with Gasteiger partial charge in [-0.15, -0.1) is 0 Å². The highest BCUT2D eigenvalue weighted by atomic mass is 35.5. The van der Waals surface area contributed by atoms with Gasteiger partial charge in [-0.25, -0.2) is 8.78 Å². The van der Waals surface area contributed by atoms with Crippen LogP contribution >= 0.6 is 11.6 Å². The lowest BCUT2D eigenvalue weighted by atomic mass is 9.82. The van der Waals surface area contributed by atoms with Crippen LogP contribution in [-0.4, -0.2) is 79.1 Å². The molecule has 3 aliphatic rings. The van der Waals surface area contributed by atoms with Gasteiger partial charge < -0.3 is 24.6 Å². The van der Waals surface area contributed by atoms with Crippen LogP contribution < -0.4 is 10.1 Å². The number of methoxy groups -OCH3 is 1. The number of benzene rings is 3. The van der Waals surface area contributed by atoms with Gasteiger partial charge in [-0.2, -0.15) is 4.39 Å². The van der Waals surface area contributed by atoms with Crippen LogP contribution in [0.15, 0.2) is 66.2 Å². The summed E-state index contributed by atoms with van der Waals surface area (Å²) in [7, 11) is 1.33. The summed E-state index contributed by atoms with van der Waals surface area (Å²) in [5.74, 6) is -4.63. The molecule has 6 rings (SSSR count). The number of nitrogens with zero attached hydrogens (tertiary/aromatic N) is 2. The fraction of sp³-hybridized carbons (Fsp3) is 0.425. The van der Waals surface area contributed by atoms with Crippen molar-refractivity contribution < 1.29 is 37.0 Å². The standard InChI is InChI=1S/C40H43ClF3N3O5/c1-51-36(49)10-4-9-35(48)46-23-28-22-30(26-13-11-25(12-14-26)6-5-21-52-39-33(43)18-17-32(42)38(39)44)37(34(24-46)45-28)40(50)47(29-15-16-29)20-19-27-7-2-3-8-31(27)41/h2-3,7-8,11-14,17-18,28-29,34,45H,4-6,9-10,15-16,19-24H2,1H3/t28-,34-/m1/s1. The van der Waals surface area contributed by atoms with Crippen LogP contribution in [0, 0.1) is 17.5 Å². The molecule has 1 saturated heterocycles. The van der Waals surface area contributed by atoms with Crippen LogP contribution in [0.5, 0.6) is 5.75 Å². The van der Waals surface area contributed by atoms with Crippen LogP contribution in [0.25, 0.3) is 5.57 Å². The average molecular weight is 738 g/mol. The van der Waals surface area contributed by atoms with Crippen molar-refractivity contribution in [3.8, 4) is 5.75 Å². The van der Waals surface area contributed by atoms with Gasteiger partial charge in [0.15, 0.2) is 17.4 Å². The molecule has 12 heteroatoms. The Hall–Kier alpha value is -4.35. The normalized spacial score (nSPS) is 18.3. The Labute approximate surface area is 306 Å². The first-order valence-corrected chi connectivity index (χ1v) is 18.2. The van der Waals surface area contributed by atoms with E-state index in [4.69, 9.17) is 21.1 Å². The number of amides is 2. The van der Waals surface area contributed by atoms with Crippen LogP contribution in [0.2, 0.25) is 5.02 Å². The van der Waals surface area contributed by atoms with E-state index in [1.807, 2.05) is 58.3 Å². The summed E-state index contributed by atoms with van der Waals surface area (Å²) in [6, 6.07) is 16.8. The first-order valence-electron chi connectivity index (χ1n) is 17.9. The first kappa shape index (κ1) is 37.4. The number of aryl methyl sites for hydroxylation is 1. The van der Waals surface area contributed by atoms with Gasteiger partial charge in [-0.1, -0.05) is 54.1 Å². The lowest BCUT2D eigenvalue weighted by Gasteiger charge is -2.45. The Balaban J connectivity index is 1.20. The Bertz CT molecular complexity index is 1820. The van der Waals surface area contributed by atoms with Crippen LogP contribution in [0.4, 0.5) is 13.2 Å². The SMILES string of the molecule is COC(=O)CCCC(=O)N1C[C@H]2CC(c3ccc(CCCOc4c(F)ccc(F)c4F)cc3)=C(C(=O)N(CCc3ccccc3Cl)C3CC3)[C@@H](C1)N2. The van der Waals surface area contributed by atoms with Crippen molar-refractivity contribution in [2.75, 3.05) is 33.4 Å². The minimum absolute atomic E-state index is 0.000973. The number of hydrogen-bond acceptors (Lipinski definition) is 6. The molecule has 2 bridgehead atoms. The molecule has 0 radical (unpaired) electrons. The quantitative estimate of drug-likeness (QED) is 0.107. The molecule has 1 N–H and O–H groups in total. The molecule has 1 saturated carbocycles. The number of halogens is 4. The summed E-state index contributed by atoms with van der Waals surface area (Å²) < 4.78 is 51.4. The number of nitrogens with one attached hydrogen (secondary N) is 1. The molecule has 0 aromatic heterocycles. The molecule has 0 unspecified atom stereocenters. The largest absolute Gasteiger partial charge is 0.488 e. The van der Waals surface area contributed by atoms with Gasteiger partial charge in [-0.3, -0.25) is 14.4 Å². The van der Waals surface area contributed by atoms with Crippen molar-refractivity contribution in [3.63, 3.8) is 0 Å². The van der Waals surface area contributed by atoms with Crippen molar-refractivity contribution in [1.82, 2.24) is 15.1 Å². The number of rotatable bonds is 15. The fourth-order valence-corrected chi connectivity index (χ4v) is 7.34. The summed E-state index contributed by atoms with van der Waals surface area (Å²) >= 11 is 6.47. The van der Waals surface area contributed by atoms with Crippen molar-refractivity contribution in [2.45, 2.75) is 75.9 Å². The van der Waals surface area contributed by atoms with E-state index in [2.05, 4.69) is 5.32 Å². The molecule has 2 amide bonds. The van der Waals surface area contributed by atoms with Crippen LogP contribution in [-0.2, 0) is 32.0 Å². The predicted molar refractivity (Wildman–Crippen MR) is 191 cm³/mol. The fourth-order valence-electron chi connectivity index (χ4n) is 7.11. The number of esters is 1. The molecular formula is C40H43ClF3N3O5. The van der Waals surface area contributed by atoms with Gasteiger partial charge in [-0.05, 0) is 85.4 Å². The molecule has 3 aromatic rings. The molecule has 2 fully saturated rings. The van der Waals surface area contributed by atoms with E-state index in [1.165, 1.54) is 7.11 Å².